The Kier molecular flexibility index (Phi) is 7.32. The average Bonchev–Trinajstić information content (AvgIpc) is 3.32. The Labute approximate surface area is 205 Å². The molecule has 0 fully saturated rings. The number of nitro groups is 1. The van der Waals surface area contributed by atoms with E-state index in [2.05, 4.69) is 10.3 Å². The zero-order chi connectivity index (χ0) is 24.8. The van der Waals surface area contributed by atoms with Gasteiger partial charge in [0.15, 0.2) is 5.16 Å². The molecule has 0 atom stereocenters. The molecule has 0 spiro atoms. The van der Waals surface area contributed by atoms with Crippen LogP contribution < -0.4 is 14.8 Å². The summed E-state index contributed by atoms with van der Waals surface area (Å²) in [5, 5.41) is 14.6. The summed E-state index contributed by atoms with van der Waals surface area (Å²) in [4.78, 5) is 28.2. The number of hydrogen-bond donors (Lipinski definition) is 1. The molecule has 1 N–H and O–H groups in total. The highest BCUT2D eigenvalue weighted by Crippen LogP contribution is 2.31. The summed E-state index contributed by atoms with van der Waals surface area (Å²) in [6.45, 7) is 0. The highest BCUT2D eigenvalue weighted by atomic mass is 32.2. The van der Waals surface area contributed by atoms with E-state index in [-0.39, 0.29) is 17.3 Å². The molecule has 0 unspecified atom stereocenters. The second-order valence-corrected chi connectivity index (χ2v) is 8.27. The third-order valence-electron chi connectivity index (χ3n) is 5.08. The van der Waals surface area contributed by atoms with Crippen molar-refractivity contribution in [1.29, 1.82) is 0 Å². The first-order valence-electron chi connectivity index (χ1n) is 10.5. The third kappa shape index (κ3) is 5.61. The lowest BCUT2D eigenvalue weighted by atomic mass is 10.1. The first-order chi connectivity index (χ1) is 17.0. The minimum atomic E-state index is -0.439. The number of methoxy groups -OCH3 is 2. The van der Waals surface area contributed by atoms with E-state index < -0.39 is 4.92 Å². The lowest BCUT2D eigenvalue weighted by Gasteiger charge is -2.12. The predicted molar refractivity (Wildman–Crippen MR) is 135 cm³/mol. The molecule has 0 radical (unpaired) electrons. The van der Waals surface area contributed by atoms with E-state index in [1.807, 2.05) is 34.9 Å². The van der Waals surface area contributed by atoms with Crippen molar-refractivity contribution >= 4 is 29.0 Å². The fraction of sp³-hybridized carbons (Fsp3) is 0.120. The molecule has 0 aliphatic carbocycles. The zero-order valence-electron chi connectivity index (χ0n) is 19.0. The van der Waals surface area contributed by atoms with Crippen molar-refractivity contribution in [2.45, 2.75) is 5.16 Å². The molecule has 1 amide bonds. The lowest BCUT2D eigenvalue weighted by molar-refractivity contribution is -0.384. The molecule has 1 aromatic heterocycles. The van der Waals surface area contributed by atoms with Crippen LogP contribution in [0.15, 0.2) is 84.1 Å². The van der Waals surface area contributed by atoms with Gasteiger partial charge in [-0.15, -0.1) is 0 Å². The number of rotatable bonds is 9. The topological polar surface area (TPSA) is 109 Å². The van der Waals surface area contributed by atoms with E-state index in [4.69, 9.17) is 9.47 Å². The van der Waals surface area contributed by atoms with Crippen molar-refractivity contribution in [3.63, 3.8) is 0 Å². The number of amides is 1. The van der Waals surface area contributed by atoms with Crippen molar-refractivity contribution in [2.24, 2.45) is 0 Å². The zero-order valence-corrected chi connectivity index (χ0v) is 19.8. The fourth-order valence-electron chi connectivity index (χ4n) is 3.37. The number of aromatic nitrogens is 2. The van der Waals surface area contributed by atoms with E-state index in [9.17, 15) is 14.9 Å². The summed E-state index contributed by atoms with van der Waals surface area (Å²) >= 11 is 1.26. The molecule has 4 rings (SSSR count). The van der Waals surface area contributed by atoms with Crippen molar-refractivity contribution in [3.05, 3.63) is 89.1 Å². The van der Waals surface area contributed by atoms with Gasteiger partial charge in [0, 0.05) is 35.6 Å². The lowest BCUT2D eigenvalue weighted by Crippen LogP contribution is -2.15. The van der Waals surface area contributed by atoms with Gasteiger partial charge >= 0.3 is 0 Å². The van der Waals surface area contributed by atoms with Gasteiger partial charge in [-0.1, -0.05) is 42.1 Å². The van der Waals surface area contributed by atoms with Crippen LogP contribution in [-0.4, -0.2) is 40.4 Å². The first kappa shape index (κ1) is 23.8. The second kappa shape index (κ2) is 10.7. The third-order valence-corrected chi connectivity index (χ3v) is 6.03. The highest BCUT2D eigenvalue weighted by Gasteiger charge is 2.16. The molecule has 1 heterocycles. The highest BCUT2D eigenvalue weighted by molar-refractivity contribution is 7.99. The largest absolute Gasteiger partial charge is 0.497 e. The standard InChI is InChI=1S/C25H22N4O5S/c1-33-20-11-12-21(23(14-20)34-2)26-24(30)16-35-25-27-22(15-28(25)18-8-4-3-5-9-18)17-7-6-10-19(13-17)29(31)32/h3-15H,16H2,1-2H3,(H,26,30). The minimum absolute atomic E-state index is 0.0150. The molecule has 4 aromatic rings. The Morgan fingerprint density at radius 3 is 2.57 bits per heavy atom. The molecular formula is C25H22N4O5S. The molecular weight excluding hydrogens is 468 g/mol. The molecule has 0 bridgehead atoms. The number of benzene rings is 3. The summed E-state index contributed by atoms with van der Waals surface area (Å²) in [6, 6.07) is 21.0. The maximum Gasteiger partial charge on any atom is 0.270 e. The van der Waals surface area contributed by atoms with Gasteiger partial charge in [0.05, 0.1) is 36.3 Å². The van der Waals surface area contributed by atoms with E-state index in [1.165, 1.54) is 31.0 Å². The molecule has 0 saturated carbocycles. The summed E-state index contributed by atoms with van der Waals surface area (Å²) < 4.78 is 12.4. The van der Waals surface area contributed by atoms with Crippen LogP contribution in [0.1, 0.15) is 0 Å². The van der Waals surface area contributed by atoms with Gasteiger partial charge in [-0.3, -0.25) is 19.5 Å². The number of thioether (sulfide) groups is 1. The average molecular weight is 491 g/mol. The maximum absolute atomic E-state index is 12.7. The number of hydrogen-bond acceptors (Lipinski definition) is 7. The van der Waals surface area contributed by atoms with E-state index in [1.54, 1.807) is 43.6 Å². The first-order valence-corrected chi connectivity index (χ1v) is 11.5. The molecule has 0 aliphatic rings. The summed E-state index contributed by atoms with van der Waals surface area (Å²) in [6.07, 6.45) is 1.81. The van der Waals surface area contributed by atoms with E-state index >= 15 is 0 Å². The number of ether oxygens (including phenoxy) is 2. The van der Waals surface area contributed by atoms with Crippen molar-refractivity contribution < 1.29 is 19.2 Å². The van der Waals surface area contributed by atoms with Crippen LogP contribution in [0.4, 0.5) is 11.4 Å². The van der Waals surface area contributed by atoms with Crippen LogP contribution in [0.3, 0.4) is 0 Å². The number of nitro benzene ring substituents is 1. The number of para-hydroxylation sites is 1. The summed E-state index contributed by atoms with van der Waals surface area (Å²) in [5.41, 5.74) is 2.55. The SMILES string of the molecule is COc1ccc(NC(=O)CSc2nc(-c3cccc([N+](=O)[O-])c3)cn2-c2ccccc2)c(OC)c1. The predicted octanol–water partition coefficient (Wildman–Crippen LogP) is 5.20. The Morgan fingerprint density at radius 2 is 1.86 bits per heavy atom. The van der Waals surface area contributed by atoms with Gasteiger partial charge in [-0.25, -0.2) is 4.98 Å². The number of carbonyl (C=O) groups excluding carboxylic acids is 1. The Hall–Kier alpha value is -4.31. The second-order valence-electron chi connectivity index (χ2n) is 7.32. The smallest absolute Gasteiger partial charge is 0.270 e. The van der Waals surface area contributed by atoms with E-state index in [0.29, 0.717) is 33.6 Å². The van der Waals surface area contributed by atoms with Crippen LogP contribution in [0.2, 0.25) is 0 Å². The molecule has 3 aromatic carbocycles. The number of anilines is 1. The van der Waals surface area contributed by atoms with Gasteiger partial charge in [-0.05, 0) is 24.3 Å². The van der Waals surface area contributed by atoms with Crippen molar-refractivity contribution in [2.75, 3.05) is 25.3 Å². The van der Waals surface area contributed by atoms with Crippen LogP contribution in [0.5, 0.6) is 11.5 Å². The number of nitrogens with one attached hydrogen (secondary N) is 1. The van der Waals surface area contributed by atoms with E-state index in [0.717, 1.165) is 5.69 Å². The van der Waals surface area contributed by atoms with Gasteiger partial charge in [0.2, 0.25) is 5.91 Å². The molecule has 0 saturated heterocycles. The summed E-state index contributed by atoms with van der Waals surface area (Å²) in [7, 11) is 3.08. The number of nitrogens with zero attached hydrogens (tertiary/aromatic N) is 3. The van der Waals surface area contributed by atoms with Crippen molar-refractivity contribution in [1.82, 2.24) is 9.55 Å². The maximum atomic E-state index is 12.7. The van der Waals surface area contributed by atoms with Gasteiger partial charge in [0.1, 0.15) is 11.5 Å². The molecule has 35 heavy (non-hydrogen) atoms. The monoisotopic (exact) mass is 490 g/mol. The Bertz CT molecular complexity index is 1360. The number of carbonyl (C=O) groups is 1. The Morgan fingerprint density at radius 1 is 1.06 bits per heavy atom. The molecule has 178 valence electrons. The van der Waals surface area contributed by atoms with Crippen LogP contribution in [0.25, 0.3) is 16.9 Å². The van der Waals surface area contributed by atoms with Gasteiger partial charge in [-0.2, -0.15) is 0 Å². The van der Waals surface area contributed by atoms with Crippen LogP contribution >= 0.6 is 11.8 Å². The Balaban J connectivity index is 1.58. The van der Waals surface area contributed by atoms with Crippen molar-refractivity contribution in [3.8, 4) is 28.4 Å². The summed E-state index contributed by atoms with van der Waals surface area (Å²) in [5.74, 6) is 0.958. The van der Waals surface area contributed by atoms with Gasteiger partial charge in [0.25, 0.3) is 5.69 Å². The minimum Gasteiger partial charge on any atom is -0.497 e. The number of imidazole rings is 1. The number of non-ortho nitro benzene ring substituents is 1. The fourth-order valence-corrected chi connectivity index (χ4v) is 4.17. The molecule has 9 nitrogen and oxygen atoms in total. The molecule has 10 heteroatoms. The van der Waals surface area contributed by atoms with Gasteiger partial charge < -0.3 is 14.8 Å². The normalized spacial score (nSPS) is 10.6. The van der Waals surface area contributed by atoms with Crippen LogP contribution in [0, 0.1) is 10.1 Å². The molecule has 0 aliphatic heterocycles. The quantitative estimate of drug-likeness (QED) is 0.195. The van der Waals surface area contributed by atoms with Crippen LogP contribution in [-0.2, 0) is 4.79 Å².